The zero-order valence-electron chi connectivity index (χ0n) is 14.2. The van der Waals surface area contributed by atoms with Gasteiger partial charge >= 0.3 is 0 Å². The van der Waals surface area contributed by atoms with Crippen LogP contribution in [0.1, 0.15) is 24.2 Å². The molecular weight excluding hydrogens is 479 g/mol. The highest BCUT2D eigenvalue weighted by molar-refractivity contribution is 14.1. The molecule has 0 fully saturated rings. The van der Waals surface area contributed by atoms with Crippen molar-refractivity contribution in [3.05, 3.63) is 62.7 Å². The lowest BCUT2D eigenvalue weighted by Crippen LogP contribution is -2.47. The number of hydrogen-bond donors (Lipinski definition) is 2. The number of carbonyl (C=O) groups excluding carboxylic acids is 2. The van der Waals surface area contributed by atoms with Gasteiger partial charge in [-0.1, -0.05) is 19.9 Å². The molecule has 0 aliphatic rings. The largest absolute Gasteiger partial charge is 0.340 e. The van der Waals surface area contributed by atoms with Crippen LogP contribution in [0.15, 0.2) is 30.3 Å². The molecule has 4 nitrogen and oxygen atoms in total. The van der Waals surface area contributed by atoms with Crippen LogP contribution in [0, 0.1) is 32.8 Å². The van der Waals surface area contributed by atoms with Gasteiger partial charge in [-0.3, -0.25) is 9.59 Å². The molecular formula is C18H15F4IN2O2. The summed E-state index contributed by atoms with van der Waals surface area (Å²) in [4.78, 5) is 24.7. The van der Waals surface area contributed by atoms with Gasteiger partial charge in [0.2, 0.25) is 5.91 Å². The predicted octanol–water partition coefficient (Wildman–Crippen LogP) is 4.24. The van der Waals surface area contributed by atoms with Crippen LogP contribution in [0.25, 0.3) is 0 Å². The first kappa shape index (κ1) is 21.1. The van der Waals surface area contributed by atoms with Crippen molar-refractivity contribution in [2.45, 2.75) is 19.9 Å². The van der Waals surface area contributed by atoms with Gasteiger partial charge in [-0.05, 0) is 52.8 Å². The van der Waals surface area contributed by atoms with E-state index >= 15 is 0 Å². The van der Waals surface area contributed by atoms with Crippen LogP contribution < -0.4 is 10.6 Å². The second-order valence-electron chi connectivity index (χ2n) is 6.03. The van der Waals surface area contributed by atoms with E-state index in [2.05, 4.69) is 10.6 Å². The molecule has 27 heavy (non-hydrogen) atoms. The molecule has 0 bridgehead atoms. The Bertz CT molecular complexity index is 846. The summed E-state index contributed by atoms with van der Waals surface area (Å²) in [5.41, 5.74) is -0.963. The summed E-state index contributed by atoms with van der Waals surface area (Å²) in [6.45, 7) is 3.19. The van der Waals surface area contributed by atoms with Crippen molar-refractivity contribution in [3.63, 3.8) is 0 Å². The summed E-state index contributed by atoms with van der Waals surface area (Å²) >= 11 is 1.48. The number of hydrogen-bond acceptors (Lipinski definition) is 2. The average molecular weight is 494 g/mol. The summed E-state index contributed by atoms with van der Waals surface area (Å²) < 4.78 is 54.5. The van der Waals surface area contributed by atoms with E-state index in [-0.39, 0.29) is 9.26 Å². The lowest BCUT2D eigenvalue weighted by Gasteiger charge is -2.22. The van der Waals surface area contributed by atoms with Gasteiger partial charge in [-0.25, -0.2) is 17.6 Å². The van der Waals surface area contributed by atoms with Crippen LogP contribution in [0.2, 0.25) is 0 Å². The molecule has 0 unspecified atom stereocenters. The summed E-state index contributed by atoms with van der Waals surface area (Å²) in [6, 6.07) is 3.60. The minimum Gasteiger partial charge on any atom is -0.340 e. The summed E-state index contributed by atoms with van der Waals surface area (Å²) in [6.07, 6.45) is 0. The summed E-state index contributed by atoms with van der Waals surface area (Å²) in [5, 5.41) is 4.55. The Morgan fingerprint density at radius 1 is 0.963 bits per heavy atom. The van der Waals surface area contributed by atoms with Crippen molar-refractivity contribution in [1.82, 2.24) is 5.32 Å². The standard InChI is InChI=1S/C18H15F4IN2O2/c1-8(2)16(25-17(26)14-10(19)4-3-5-11(14)20)18(27)24-9-6-12(21)15(23)13(22)7-9/h3-8,16H,1-2H3,(H,24,27)(H,25,26)/t16-/m0/s1. The molecule has 0 saturated heterocycles. The van der Waals surface area contributed by atoms with E-state index in [4.69, 9.17) is 0 Å². The quantitative estimate of drug-likeness (QED) is 0.372. The van der Waals surface area contributed by atoms with E-state index in [0.717, 1.165) is 30.3 Å². The highest BCUT2D eigenvalue weighted by atomic mass is 127. The monoisotopic (exact) mass is 494 g/mol. The van der Waals surface area contributed by atoms with Crippen molar-refractivity contribution in [1.29, 1.82) is 0 Å². The van der Waals surface area contributed by atoms with E-state index in [0.29, 0.717) is 0 Å². The van der Waals surface area contributed by atoms with Crippen LogP contribution in [0.3, 0.4) is 0 Å². The maximum absolute atomic E-state index is 13.7. The normalized spacial score (nSPS) is 12.0. The second kappa shape index (κ2) is 8.68. The van der Waals surface area contributed by atoms with E-state index in [1.165, 1.54) is 22.6 Å². The first-order valence-electron chi connectivity index (χ1n) is 7.82. The smallest absolute Gasteiger partial charge is 0.257 e. The first-order chi connectivity index (χ1) is 12.6. The van der Waals surface area contributed by atoms with Gasteiger partial charge in [0, 0.05) is 5.69 Å². The van der Waals surface area contributed by atoms with E-state index in [1.807, 2.05) is 0 Å². The zero-order valence-corrected chi connectivity index (χ0v) is 16.4. The molecule has 0 heterocycles. The van der Waals surface area contributed by atoms with Gasteiger partial charge in [-0.2, -0.15) is 0 Å². The fraction of sp³-hybridized carbons (Fsp3) is 0.222. The maximum atomic E-state index is 13.7. The van der Waals surface area contributed by atoms with Gasteiger partial charge in [0.1, 0.15) is 34.9 Å². The maximum Gasteiger partial charge on any atom is 0.257 e. The molecule has 2 aromatic carbocycles. The number of benzene rings is 2. The third-order valence-corrected chi connectivity index (χ3v) is 4.71. The first-order valence-corrected chi connectivity index (χ1v) is 8.90. The SMILES string of the molecule is CC(C)[C@H](NC(=O)c1c(F)cccc1F)C(=O)Nc1cc(F)c(I)c(F)c1. The molecule has 2 N–H and O–H groups in total. The lowest BCUT2D eigenvalue weighted by atomic mass is 10.0. The Morgan fingerprint density at radius 2 is 1.48 bits per heavy atom. The Hall–Kier alpha value is -2.17. The molecule has 9 heteroatoms. The predicted molar refractivity (Wildman–Crippen MR) is 100 cm³/mol. The lowest BCUT2D eigenvalue weighted by molar-refractivity contribution is -0.118. The number of nitrogens with one attached hydrogen (secondary N) is 2. The molecule has 0 radical (unpaired) electrons. The molecule has 0 saturated carbocycles. The van der Waals surface area contributed by atoms with E-state index in [1.54, 1.807) is 13.8 Å². The minimum atomic E-state index is -1.19. The number of anilines is 1. The molecule has 0 aliphatic heterocycles. The zero-order chi connectivity index (χ0) is 20.3. The Morgan fingerprint density at radius 3 is 1.96 bits per heavy atom. The molecule has 2 amide bonds. The van der Waals surface area contributed by atoms with Gasteiger partial charge < -0.3 is 10.6 Å². The second-order valence-corrected chi connectivity index (χ2v) is 7.11. The highest BCUT2D eigenvalue weighted by Gasteiger charge is 2.27. The van der Waals surface area contributed by atoms with Crippen molar-refractivity contribution in [3.8, 4) is 0 Å². The molecule has 2 rings (SSSR count). The summed E-state index contributed by atoms with van der Waals surface area (Å²) in [7, 11) is 0. The third-order valence-electron chi connectivity index (χ3n) is 3.68. The molecule has 2 aromatic rings. The van der Waals surface area contributed by atoms with Crippen LogP contribution in [0.4, 0.5) is 23.2 Å². The van der Waals surface area contributed by atoms with E-state index < -0.39 is 52.6 Å². The van der Waals surface area contributed by atoms with E-state index in [9.17, 15) is 27.2 Å². The molecule has 0 aromatic heterocycles. The Kier molecular flexibility index (Phi) is 6.79. The molecule has 0 aliphatic carbocycles. The number of rotatable bonds is 5. The average Bonchev–Trinajstić information content (AvgIpc) is 2.56. The minimum absolute atomic E-state index is 0.146. The van der Waals surface area contributed by atoms with Crippen LogP contribution >= 0.6 is 22.6 Å². The number of amides is 2. The fourth-order valence-electron chi connectivity index (χ4n) is 2.31. The Balaban J connectivity index is 2.22. The fourth-order valence-corrected chi connectivity index (χ4v) is 2.62. The highest BCUT2D eigenvalue weighted by Crippen LogP contribution is 2.21. The van der Waals surface area contributed by atoms with Crippen LogP contribution in [0.5, 0.6) is 0 Å². The summed E-state index contributed by atoms with van der Waals surface area (Å²) in [5.74, 6) is -6.22. The molecule has 1 atom stereocenters. The van der Waals surface area contributed by atoms with Crippen LogP contribution in [-0.4, -0.2) is 17.9 Å². The van der Waals surface area contributed by atoms with Gasteiger partial charge in [0.15, 0.2) is 0 Å². The van der Waals surface area contributed by atoms with Crippen molar-refractivity contribution in [2.24, 2.45) is 5.92 Å². The molecule has 0 spiro atoms. The van der Waals surface area contributed by atoms with Crippen molar-refractivity contribution >= 4 is 40.1 Å². The van der Waals surface area contributed by atoms with Gasteiger partial charge in [0.05, 0.1) is 3.57 Å². The topological polar surface area (TPSA) is 58.2 Å². The van der Waals surface area contributed by atoms with Crippen molar-refractivity contribution in [2.75, 3.05) is 5.32 Å². The van der Waals surface area contributed by atoms with Crippen molar-refractivity contribution < 1.29 is 27.2 Å². The van der Waals surface area contributed by atoms with Gasteiger partial charge in [-0.15, -0.1) is 0 Å². The molecule has 144 valence electrons. The third kappa shape index (κ3) is 4.96. The number of halogens is 5. The van der Waals surface area contributed by atoms with Crippen LogP contribution in [-0.2, 0) is 4.79 Å². The number of carbonyl (C=O) groups is 2. The Labute approximate surface area is 166 Å². The van der Waals surface area contributed by atoms with Gasteiger partial charge in [0.25, 0.3) is 5.91 Å².